The van der Waals surface area contributed by atoms with E-state index in [-0.39, 0.29) is 0 Å². The molecule has 0 spiro atoms. The maximum absolute atomic E-state index is 5.71. The van der Waals surface area contributed by atoms with Crippen molar-refractivity contribution < 1.29 is 14.8 Å². The van der Waals surface area contributed by atoms with Crippen LogP contribution >= 0.6 is 0 Å². The first-order chi connectivity index (χ1) is 8.76. The molecular formula is C15H26NO2+. The van der Waals surface area contributed by atoms with Gasteiger partial charge in [0.05, 0.1) is 25.8 Å². The van der Waals surface area contributed by atoms with Gasteiger partial charge in [-0.1, -0.05) is 13.0 Å². The Balaban J connectivity index is 2.20. The van der Waals surface area contributed by atoms with E-state index in [9.17, 15) is 0 Å². The standard InChI is InChI=1S/C15H25NO2/c1-4-13(3)16-10-7-11-18-15-9-6-8-14(12-15)17-5-2/h6,8-9,12-13,16H,4-5,7,10-11H2,1-3H3/p+1/t13-/m0/s1. The van der Waals surface area contributed by atoms with Crippen molar-refractivity contribution in [3.05, 3.63) is 24.3 Å². The maximum Gasteiger partial charge on any atom is 0.122 e. The van der Waals surface area contributed by atoms with Gasteiger partial charge in [-0.3, -0.25) is 0 Å². The number of rotatable bonds is 9. The summed E-state index contributed by atoms with van der Waals surface area (Å²) >= 11 is 0. The van der Waals surface area contributed by atoms with E-state index in [0.29, 0.717) is 12.6 Å². The summed E-state index contributed by atoms with van der Waals surface area (Å²) in [6.07, 6.45) is 2.29. The van der Waals surface area contributed by atoms with Gasteiger partial charge in [-0.05, 0) is 32.4 Å². The van der Waals surface area contributed by atoms with Crippen molar-refractivity contribution in [3.8, 4) is 11.5 Å². The quantitative estimate of drug-likeness (QED) is 0.684. The highest BCUT2D eigenvalue weighted by Gasteiger charge is 2.01. The van der Waals surface area contributed by atoms with E-state index in [0.717, 1.165) is 31.1 Å². The summed E-state index contributed by atoms with van der Waals surface area (Å²) < 4.78 is 11.1. The molecule has 1 aromatic carbocycles. The maximum atomic E-state index is 5.71. The van der Waals surface area contributed by atoms with Crippen LogP contribution in [0.3, 0.4) is 0 Å². The number of hydrogen-bond acceptors (Lipinski definition) is 2. The summed E-state index contributed by atoms with van der Waals surface area (Å²) in [7, 11) is 0. The molecule has 2 N–H and O–H groups in total. The Morgan fingerprint density at radius 2 is 1.89 bits per heavy atom. The first-order valence-electron chi connectivity index (χ1n) is 6.95. The fraction of sp³-hybridized carbons (Fsp3) is 0.600. The molecule has 1 atom stereocenters. The molecular weight excluding hydrogens is 226 g/mol. The zero-order valence-corrected chi connectivity index (χ0v) is 11.8. The van der Waals surface area contributed by atoms with E-state index < -0.39 is 0 Å². The molecule has 0 aliphatic carbocycles. The lowest BCUT2D eigenvalue weighted by atomic mass is 10.2. The van der Waals surface area contributed by atoms with E-state index in [1.54, 1.807) is 0 Å². The van der Waals surface area contributed by atoms with Crippen LogP contribution in [-0.2, 0) is 0 Å². The summed E-state index contributed by atoms with van der Waals surface area (Å²) in [6.45, 7) is 9.04. The zero-order chi connectivity index (χ0) is 13.2. The van der Waals surface area contributed by atoms with Crippen LogP contribution in [0.2, 0.25) is 0 Å². The molecule has 3 nitrogen and oxygen atoms in total. The molecule has 3 heteroatoms. The van der Waals surface area contributed by atoms with Gasteiger partial charge in [0.25, 0.3) is 0 Å². The average Bonchev–Trinajstić information content (AvgIpc) is 2.39. The second-order valence-electron chi connectivity index (χ2n) is 4.52. The molecule has 0 aliphatic heterocycles. The second kappa shape index (κ2) is 8.81. The molecule has 0 unspecified atom stereocenters. The van der Waals surface area contributed by atoms with Gasteiger partial charge in [-0.25, -0.2) is 0 Å². The van der Waals surface area contributed by atoms with Gasteiger partial charge in [0.2, 0.25) is 0 Å². The normalized spacial score (nSPS) is 12.2. The van der Waals surface area contributed by atoms with Crippen LogP contribution in [0.25, 0.3) is 0 Å². The minimum absolute atomic E-state index is 0.688. The SMILES string of the molecule is CCOc1cccc(OCCC[NH2+][C@@H](C)CC)c1. The van der Waals surface area contributed by atoms with Crippen molar-refractivity contribution in [2.75, 3.05) is 19.8 Å². The third-order valence-electron chi connectivity index (χ3n) is 2.95. The molecule has 0 aliphatic rings. The third-order valence-corrected chi connectivity index (χ3v) is 2.95. The zero-order valence-electron chi connectivity index (χ0n) is 11.8. The Labute approximate surface area is 110 Å². The number of benzene rings is 1. The molecule has 1 rings (SSSR count). The van der Waals surface area contributed by atoms with Crippen molar-refractivity contribution in [2.45, 2.75) is 39.7 Å². The van der Waals surface area contributed by atoms with E-state index >= 15 is 0 Å². The number of hydrogen-bond donors (Lipinski definition) is 1. The van der Waals surface area contributed by atoms with Crippen molar-refractivity contribution >= 4 is 0 Å². The largest absolute Gasteiger partial charge is 0.494 e. The molecule has 1 aromatic rings. The molecule has 0 amide bonds. The van der Waals surface area contributed by atoms with Crippen LogP contribution in [0, 0.1) is 0 Å². The van der Waals surface area contributed by atoms with Gasteiger partial charge >= 0.3 is 0 Å². The topological polar surface area (TPSA) is 35.1 Å². The lowest BCUT2D eigenvalue weighted by Gasteiger charge is -2.10. The van der Waals surface area contributed by atoms with E-state index in [1.807, 2.05) is 31.2 Å². The highest BCUT2D eigenvalue weighted by atomic mass is 16.5. The van der Waals surface area contributed by atoms with E-state index in [1.165, 1.54) is 6.42 Å². The van der Waals surface area contributed by atoms with Gasteiger partial charge < -0.3 is 14.8 Å². The lowest BCUT2D eigenvalue weighted by Crippen LogP contribution is -2.89. The highest BCUT2D eigenvalue weighted by molar-refractivity contribution is 5.32. The molecule has 0 aromatic heterocycles. The molecule has 0 saturated carbocycles. The smallest absolute Gasteiger partial charge is 0.122 e. The molecule has 0 fully saturated rings. The first-order valence-corrected chi connectivity index (χ1v) is 6.95. The van der Waals surface area contributed by atoms with Crippen molar-refractivity contribution in [1.29, 1.82) is 0 Å². The molecule has 0 bridgehead atoms. The van der Waals surface area contributed by atoms with Crippen LogP contribution in [-0.4, -0.2) is 25.8 Å². The van der Waals surface area contributed by atoms with Gasteiger partial charge in [-0.15, -0.1) is 0 Å². The minimum atomic E-state index is 0.688. The Morgan fingerprint density at radius 3 is 2.56 bits per heavy atom. The molecule has 0 saturated heterocycles. The van der Waals surface area contributed by atoms with Crippen LogP contribution in [0.1, 0.15) is 33.6 Å². The summed E-state index contributed by atoms with van der Waals surface area (Å²) in [4.78, 5) is 0. The number of nitrogens with two attached hydrogens (primary N) is 1. The minimum Gasteiger partial charge on any atom is -0.494 e. The summed E-state index contributed by atoms with van der Waals surface area (Å²) in [6, 6.07) is 8.55. The van der Waals surface area contributed by atoms with Gasteiger partial charge in [-0.2, -0.15) is 0 Å². The first kappa shape index (κ1) is 14.8. The van der Waals surface area contributed by atoms with Crippen molar-refractivity contribution in [1.82, 2.24) is 0 Å². The van der Waals surface area contributed by atoms with Crippen LogP contribution in [0.4, 0.5) is 0 Å². The Bertz CT molecular complexity index is 328. The Kier molecular flexibility index (Phi) is 7.26. The van der Waals surface area contributed by atoms with Crippen LogP contribution in [0.15, 0.2) is 24.3 Å². The third kappa shape index (κ3) is 5.92. The molecule has 0 radical (unpaired) electrons. The fourth-order valence-corrected chi connectivity index (χ4v) is 1.66. The van der Waals surface area contributed by atoms with E-state index in [2.05, 4.69) is 19.2 Å². The molecule has 18 heavy (non-hydrogen) atoms. The van der Waals surface area contributed by atoms with Gasteiger partial charge in [0, 0.05) is 12.5 Å². The summed E-state index contributed by atoms with van der Waals surface area (Å²) in [5, 5.41) is 2.37. The molecule has 102 valence electrons. The monoisotopic (exact) mass is 252 g/mol. The van der Waals surface area contributed by atoms with Crippen LogP contribution in [0.5, 0.6) is 11.5 Å². The number of quaternary nitrogens is 1. The molecule has 0 heterocycles. The van der Waals surface area contributed by atoms with Crippen LogP contribution < -0.4 is 14.8 Å². The summed E-state index contributed by atoms with van der Waals surface area (Å²) in [5.74, 6) is 1.77. The van der Waals surface area contributed by atoms with Crippen molar-refractivity contribution in [2.24, 2.45) is 0 Å². The van der Waals surface area contributed by atoms with E-state index in [4.69, 9.17) is 9.47 Å². The second-order valence-corrected chi connectivity index (χ2v) is 4.52. The average molecular weight is 252 g/mol. The number of ether oxygens (including phenoxy) is 2. The predicted octanol–water partition coefficient (Wildman–Crippen LogP) is 2.22. The Morgan fingerprint density at radius 1 is 1.17 bits per heavy atom. The highest BCUT2D eigenvalue weighted by Crippen LogP contribution is 2.19. The fourth-order valence-electron chi connectivity index (χ4n) is 1.66. The van der Waals surface area contributed by atoms with Gasteiger partial charge in [0.15, 0.2) is 0 Å². The lowest BCUT2D eigenvalue weighted by molar-refractivity contribution is -0.686. The predicted molar refractivity (Wildman–Crippen MR) is 74.3 cm³/mol. The summed E-state index contributed by atoms with van der Waals surface area (Å²) in [5.41, 5.74) is 0. The van der Waals surface area contributed by atoms with Crippen molar-refractivity contribution in [3.63, 3.8) is 0 Å². The Hall–Kier alpha value is -1.22. The van der Waals surface area contributed by atoms with Gasteiger partial charge in [0.1, 0.15) is 11.5 Å².